The van der Waals surface area contributed by atoms with Crippen molar-refractivity contribution < 1.29 is 9.21 Å². The summed E-state index contributed by atoms with van der Waals surface area (Å²) in [6.07, 6.45) is 0. The highest BCUT2D eigenvalue weighted by molar-refractivity contribution is 5.90. The summed E-state index contributed by atoms with van der Waals surface area (Å²) in [5.74, 6) is 2.04. The van der Waals surface area contributed by atoms with E-state index in [9.17, 15) is 4.79 Å². The van der Waals surface area contributed by atoms with Gasteiger partial charge in [-0.25, -0.2) is 4.98 Å². The Hall–Kier alpha value is -2.11. The van der Waals surface area contributed by atoms with Crippen LogP contribution in [0, 0.1) is 6.92 Å². The van der Waals surface area contributed by atoms with Crippen LogP contribution in [0.15, 0.2) is 16.5 Å². The second kappa shape index (κ2) is 4.87. The Morgan fingerprint density at radius 1 is 1.42 bits per heavy atom. The van der Waals surface area contributed by atoms with Crippen molar-refractivity contribution >= 4 is 5.91 Å². The van der Waals surface area contributed by atoms with Crippen molar-refractivity contribution in [2.24, 2.45) is 0 Å². The average Bonchev–Trinajstić information content (AvgIpc) is 2.93. The van der Waals surface area contributed by atoms with Crippen molar-refractivity contribution in [2.75, 3.05) is 0 Å². The second-order valence-corrected chi connectivity index (χ2v) is 5.45. The van der Waals surface area contributed by atoms with Crippen LogP contribution < -0.4 is 5.32 Å². The summed E-state index contributed by atoms with van der Waals surface area (Å²) < 4.78 is 5.37. The van der Waals surface area contributed by atoms with Crippen LogP contribution in [0.4, 0.5) is 0 Å². The maximum absolute atomic E-state index is 11.9. The molecule has 0 aliphatic rings. The van der Waals surface area contributed by atoms with E-state index in [4.69, 9.17) is 4.42 Å². The molecule has 2 aromatic heterocycles. The van der Waals surface area contributed by atoms with Crippen LogP contribution in [-0.4, -0.2) is 21.1 Å². The average molecular weight is 262 g/mol. The van der Waals surface area contributed by atoms with Gasteiger partial charge in [-0.3, -0.25) is 9.89 Å². The molecule has 0 spiro atoms. The van der Waals surface area contributed by atoms with Crippen molar-refractivity contribution in [2.45, 2.75) is 39.7 Å². The third-order valence-corrected chi connectivity index (χ3v) is 2.62. The summed E-state index contributed by atoms with van der Waals surface area (Å²) in [7, 11) is 0. The fourth-order valence-corrected chi connectivity index (χ4v) is 1.53. The molecule has 2 aromatic rings. The molecule has 0 aliphatic carbocycles. The quantitative estimate of drug-likeness (QED) is 0.885. The van der Waals surface area contributed by atoms with Crippen LogP contribution in [-0.2, 0) is 12.0 Å². The van der Waals surface area contributed by atoms with Gasteiger partial charge in [-0.15, -0.1) is 5.10 Å². The molecular formula is C13H18N4O2. The lowest BCUT2D eigenvalue weighted by Crippen LogP contribution is -2.24. The Labute approximate surface area is 111 Å². The summed E-state index contributed by atoms with van der Waals surface area (Å²) >= 11 is 0. The zero-order valence-electron chi connectivity index (χ0n) is 11.6. The van der Waals surface area contributed by atoms with E-state index < -0.39 is 0 Å². The molecule has 0 atom stereocenters. The maximum atomic E-state index is 11.9. The number of carbonyl (C=O) groups excluding carboxylic acids is 1. The molecule has 0 saturated heterocycles. The zero-order chi connectivity index (χ0) is 14.0. The molecule has 0 saturated carbocycles. The predicted octanol–water partition coefficient (Wildman–Crippen LogP) is 1.93. The Kier molecular flexibility index (Phi) is 3.42. The smallest absolute Gasteiger partial charge is 0.291 e. The lowest BCUT2D eigenvalue weighted by atomic mass is 9.96. The Bertz CT molecular complexity index is 577. The summed E-state index contributed by atoms with van der Waals surface area (Å²) in [6.45, 7) is 8.19. The van der Waals surface area contributed by atoms with Gasteiger partial charge in [-0.2, -0.15) is 0 Å². The second-order valence-electron chi connectivity index (χ2n) is 5.45. The first kappa shape index (κ1) is 13.3. The van der Waals surface area contributed by atoms with E-state index in [1.807, 2.05) is 39.8 Å². The highest BCUT2D eigenvalue weighted by Gasteiger charge is 2.21. The first-order chi connectivity index (χ1) is 8.86. The standard InChI is InChI=1S/C13H18N4O2/c1-8-5-6-9(19-8)7-14-11(18)10-15-12(17-16-10)13(2,3)4/h5-6H,7H2,1-4H3,(H,14,18)(H,15,16,17). The number of furan rings is 1. The van der Waals surface area contributed by atoms with Crippen molar-refractivity contribution in [3.63, 3.8) is 0 Å². The zero-order valence-corrected chi connectivity index (χ0v) is 11.6. The lowest BCUT2D eigenvalue weighted by molar-refractivity contribution is 0.0937. The molecule has 102 valence electrons. The molecule has 19 heavy (non-hydrogen) atoms. The van der Waals surface area contributed by atoms with E-state index in [0.717, 1.165) is 5.76 Å². The fraction of sp³-hybridized carbons (Fsp3) is 0.462. The Balaban J connectivity index is 1.98. The van der Waals surface area contributed by atoms with Gasteiger partial charge in [0.05, 0.1) is 6.54 Å². The SMILES string of the molecule is Cc1ccc(CNC(=O)c2n[nH]c(C(C)(C)C)n2)o1. The summed E-state index contributed by atoms with van der Waals surface area (Å²) in [6, 6.07) is 3.68. The van der Waals surface area contributed by atoms with E-state index >= 15 is 0 Å². The van der Waals surface area contributed by atoms with Gasteiger partial charge in [0.25, 0.3) is 5.91 Å². The highest BCUT2D eigenvalue weighted by Crippen LogP contribution is 2.17. The summed E-state index contributed by atoms with van der Waals surface area (Å²) in [5.41, 5.74) is -0.163. The predicted molar refractivity (Wildman–Crippen MR) is 69.7 cm³/mol. The van der Waals surface area contributed by atoms with Crippen molar-refractivity contribution in [3.8, 4) is 0 Å². The molecule has 2 heterocycles. The Morgan fingerprint density at radius 3 is 2.68 bits per heavy atom. The number of aryl methyl sites for hydroxylation is 1. The number of amides is 1. The largest absolute Gasteiger partial charge is 0.465 e. The normalized spacial score (nSPS) is 11.6. The minimum atomic E-state index is -0.319. The molecule has 0 bridgehead atoms. The monoisotopic (exact) mass is 262 g/mol. The third-order valence-electron chi connectivity index (χ3n) is 2.62. The number of hydrogen-bond acceptors (Lipinski definition) is 4. The first-order valence-corrected chi connectivity index (χ1v) is 6.12. The topological polar surface area (TPSA) is 83.8 Å². The number of nitrogens with zero attached hydrogens (tertiary/aromatic N) is 2. The number of H-pyrrole nitrogens is 1. The van der Waals surface area contributed by atoms with Crippen LogP contribution in [0.5, 0.6) is 0 Å². The maximum Gasteiger partial charge on any atom is 0.291 e. The number of aromatic nitrogens is 3. The lowest BCUT2D eigenvalue weighted by Gasteiger charge is -2.12. The highest BCUT2D eigenvalue weighted by atomic mass is 16.3. The fourth-order valence-electron chi connectivity index (χ4n) is 1.53. The number of nitrogens with one attached hydrogen (secondary N) is 2. The third kappa shape index (κ3) is 3.21. The molecule has 6 heteroatoms. The van der Waals surface area contributed by atoms with E-state index in [2.05, 4.69) is 20.5 Å². The number of rotatable bonds is 3. The van der Waals surface area contributed by atoms with Gasteiger partial charge in [0, 0.05) is 5.41 Å². The minimum absolute atomic E-state index is 0.146. The minimum Gasteiger partial charge on any atom is -0.465 e. The van der Waals surface area contributed by atoms with Gasteiger partial charge in [0.1, 0.15) is 17.3 Å². The molecule has 0 radical (unpaired) electrons. The van der Waals surface area contributed by atoms with E-state index in [1.165, 1.54) is 0 Å². The number of hydrogen-bond donors (Lipinski definition) is 2. The molecule has 2 N–H and O–H groups in total. The molecule has 1 amide bonds. The Morgan fingerprint density at radius 2 is 2.16 bits per heavy atom. The van der Waals surface area contributed by atoms with E-state index in [0.29, 0.717) is 18.1 Å². The summed E-state index contributed by atoms with van der Waals surface area (Å²) in [5, 5.41) is 9.42. The van der Waals surface area contributed by atoms with Crippen LogP contribution >= 0.6 is 0 Å². The van der Waals surface area contributed by atoms with Crippen LogP contribution in [0.25, 0.3) is 0 Å². The van der Waals surface area contributed by atoms with Crippen molar-refractivity contribution in [3.05, 3.63) is 35.3 Å². The van der Waals surface area contributed by atoms with Gasteiger partial charge < -0.3 is 9.73 Å². The molecule has 0 fully saturated rings. The number of carbonyl (C=O) groups is 1. The summed E-state index contributed by atoms with van der Waals surface area (Å²) in [4.78, 5) is 16.1. The van der Waals surface area contributed by atoms with E-state index in [-0.39, 0.29) is 17.1 Å². The van der Waals surface area contributed by atoms with Crippen molar-refractivity contribution in [1.82, 2.24) is 20.5 Å². The van der Waals surface area contributed by atoms with Crippen LogP contribution in [0.1, 0.15) is 48.7 Å². The van der Waals surface area contributed by atoms with E-state index in [1.54, 1.807) is 0 Å². The molecule has 6 nitrogen and oxygen atoms in total. The first-order valence-electron chi connectivity index (χ1n) is 6.12. The van der Waals surface area contributed by atoms with Gasteiger partial charge in [0.2, 0.25) is 5.82 Å². The van der Waals surface area contributed by atoms with Gasteiger partial charge in [-0.05, 0) is 19.1 Å². The van der Waals surface area contributed by atoms with Gasteiger partial charge in [-0.1, -0.05) is 20.8 Å². The van der Waals surface area contributed by atoms with Crippen molar-refractivity contribution in [1.29, 1.82) is 0 Å². The molecule has 0 aromatic carbocycles. The molecule has 2 rings (SSSR count). The molecule has 0 unspecified atom stereocenters. The van der Waals surface area contributed by atoms with Gasteiger partial charge >= 0.3 is 0 Å². The van der Waals surface area contributed by atoms with Crippen LogP contribution in [0.2, 0.25) is 0 Å². The molecular weight excluding hydrogens is 244 g/mol. The molecule has 0 aliphatic heterocycles. The van der Waals surface area contributed by atoms with Crippen LogP contribution in [0.3, 0.4) is 0 Å². The van der Waals surface area contributed by atoms with Gasteiger partial charge in [0.15, 0.2) is 0 Å². The number of aromatic amines is 1.